The fourth-order valence-electron chi connectivity index (χ4n) is 2.90. The summed E-state index contributed by atoms with van der Waals surface area (Å²) in [5.41, 5.74) is 1.44. The van der Waals surface area contributed by atoms with E-state index in [1.807, 2.05) is 55.4 Å². The van der Waals surface area contributed by atoms with E-state index < -0.39 is 0 Å². The molecule has 1 heterocycles. The van der Waals surface area contributed by atoms with Crippen LogP contribution in [0.25, 0.3) is 10.9 Å². The van der Waals surface area contributed by atoms with Crippen LogP contribution < -0.4 is 10.9 Å². The van der Waals surface area contributed by atoms with Crippen molar-refractivity contribution < 1.29 is 4.79 Å². The molecule has 6 heteroatoms. The van der Waals surface area contributed by atoms with E-state index >= 15 is 0 Å². The third-order valence-electron chi connectivity index (χ3n) is 4.13. The van der Waals surface area contributed by atoms with Crippen LogP contribution in [0.3, 0.4) is 0 Å². The zero-order valence-corrected chi connectivity index (χ0v) is 14.9. The summed E-state index contributed by atoms with van der Waals surface area (Å²) in [6.45, 7) is 0.605. The molecule has 1 amide bonds. The van der Waals surface area contributed by atoms with Gasteiger partial charge < -0.3 is 10.2 Å². The molecular weight excluding hydrogens is 328 g/mol. The van der Waals surface area contributed by atoms with Crippen LogP contribution in [-0.4, -0.2) is 41.0 Å². The van der Waals surface area contributed by atoms with Gasteiger partial charge in [0, 0.05) is 6.54 Å². The first-order chi connectivity index (χ1) is 12.5. The van der Waals surface area contributed by atoms with E-state index in [-0.39, 0.29) is 24.1 Å². The second-order valence-electron chi connectivity index (χ2n) is 6.49. The lowest BCUT2D eigenvalue weighted by Crippen LogP contribution is -2.38. The number of nitrogens with one attached hydrogen (secondary N) is 1. The van der Waals surface area contributed by atoms with Crippen molar-refractivity contribution in [3.05, 3.63) is 76.8 Å². The van der Waals surface area contributed by atoms with Crippen LogP contribution >= 0.6 is 0 Å². The van der Waals surface area contributed by atoms with Gasteiger partial charge in [-0.2, -0.15) is 0 Å². The smallest absolute Gasteiger partial charge is 0.261 e. The molecular formula is C20H22N4O2. The quantitative estimate of drug-likeness (QED) is 0.736. The lowest BCUT2D eigenvalue weighted by Gasteiger charge is -2.23. The van der Waals surface area contributed by atoms with Crippen LogP contribution in [0.5, 0.6) is 0 Å². The highest BCUT2D eigenvalue weighted by atomic mass is 16.2. The number of carbonyl (C=O) groups is 1. The summed E-state index contributed by atoms with van der Waals surface area (Å²) < 4.78 is 1.34. The largest absolute Gasteiger partial charge is 0.346 e. The molecule has 3 rings (SSSR count). The summed E-state index contributed by atoms with van der Waals surface area (Å²) >= 11 is 0. The molecule has 0 fully saturated rings. The minimum Gasteiger partial charge on any atom is -0.346 e. The first-order valence-corrected chi connectivity index (χ1v) is 8.48. The highest BCUT2D eigenvalue weighted by molar-refractivity contribution is 5.79. The molecule has 0 unspecified atom stereocenters. The topological polar surface area (TPSA) is 67.2 Å². The Hall–Kier alpha value is -2.99. The number of hydrogen-bond acceptors (Lipinski definition) is 4. The zero-order chi connectivity index (χ0) is 18.5. The summed E-state index contributed by atoms with van der Waals surface area (Å²) in [7, 11) is 3.92. The first kappa shape index (κ1) is 17.8. The second kappa shape index (κ2) is 7.93. The first-order valence-electron chi connectivity index (χ1n) is 8.48. The molecule has 1 aromatic heterocycles. The second-order valence-corrected chi connectivity index (χ2v) is 6.49. The van der Waals surface area contributed by atoms with E-state index in [2.05, 4.69) is 10.3 Å². The summed E-state index contributed by atoms with van der Waals surface area (Å²) in [5.74, 6) is -0.222. The molecule has 0 saturated heterocycles. The molecule has 2 aromatic carbocycles. The Morgan fingerprint density at radius 3 is 2.54 bits per heavy atom. The van der Waals surface area contributed by atoms with Gasteiger partial charge in [0.1, 0.15) is 6.54 Å². The minimum atomic E-state index is -0.222. The van der Waals surface area contributed by atoms with Crippen LogP contribution in [0.2, 0.25) is 0 Å². The average molecular weight is 350 g/mol. The highest BCUT2D eigenvalue weighted by Gasteiger charge is 2.16. The maximum absolute atomic E-state index is 12.5. The fourth-order valence-corrected chi connectivity index (χ4v) is 2.90. The Morgan fingerprint density at radius 1 is 1.12 bits per heavy atom. The van der Waals surface area contributed by atoms with Gasteiger partial charge in [-0.1, -0.05) is 42.5 Å². The number of para-hydroxylation sites is 1. The van der Waals surface area contributed by atoms with E-state index in [0.29, 0.717) is 17.4 Å². The van der Waals surface area contributed by atoms with Gasteiger partial charge in [0.05, 0.1) is 23.3 Å². The van der Waals surface area contributed by atoms with E-state index in [0.717, 1.165) is 5.56 Å². The number of nitrogens with zero attached hydrogens (tertiary/aromatic N) is 3. The summed E-state index contributed by atoms with van der Waals surface area (Å²) in [5, 5.41) is 3.53. The normalized spacial score (nSPS) is 12.3. The van der Waals surface area contributed by atoms with Crippen molar-refractivity contribution in [1.82, 2.24) is 19.8 Å². The van der Waals surface area contributed by atoms with Gasteiger partial charge in [0.15, 0.2) is 0 Å². The maximum Gasteiger partial charge on any atom is 0.261 e. The molecule has 0 saturated carbocycles. The lowest BCUT2D eigenvalue weighted by atomic mass is 10.1. The zero-order valence-electron chi connectivity index (χ0n) is 14.9. The van der Waals surface area contributed by atoms with Gasteiger partial charge in [-0.15, -0.1) is 0 Å². The van der Waals surface area contributed by atoms with Gasteiger partial charge in [-0.05, 0) is 31.8 Å². The maximum atomic E-state index is 12.5. The SMILES string of the molecule is CN(C)C[C@H](NC(=O)Cn1cnc2ccccc2c1=O)c1ccccc1. The van der Waals surface area contributed by atoms with Gasteiger partial charge in [-0.25, -0.2) is 4.98 Å². The van der Waals surface area contributed by atoms with Crippen molar-refractivity contribution >= 4 is 16.8 Å². The Labute approximate surface area is 152 Å². The van der Waals surface area contributed by atoms with Crippen LogP contribution in [0.1, 0.15) is 11.6 Å². The molecule has 0 spiro atoms. The van der Waals surface area contributed by atoms with Crippen LogP contribution in [0, 0.1) is 0 Å². The van der Waals surface area contributed by atoms with Gasteiger partial charge in [0.2, 0.25) is 5.91 Å². The molecule has 0 radical (unpaired) electrons. The van der Waals surface area contributed by atoms with Gasteiger partial charge in [-0.3, -0.25) is 14.2 Å². The number of aromatic nitrogens is 2. The molecule has 1 N–H and O–H groups in total. The van der Waals surface area contributed by atoms with E-state index in [9.17, 15) is 9.59 Å². The Balaban J connectivity index is 1.78. The van der Waals surface area contributed by atoms with E-state index in [1.54, 1.807) is 18.2 Å². The van der Waals surface area contributed by atoms with Crippen LogP contribution in [0.15, 0.2) is 65.7 Å². The summed E-state index contributed by atoms with van der Waals surface area (Å²) in [6, 6.07) is 16.8. The van der Waals surface area contributed by atoms with Crippen molar-refractivity contribution in [2.24, 2.45) is 0 Å². The molecule has 3 aromatic rings. The third-order valence-corrected chi connectivity index (χ3v) is 4.13. The minimum absolute atomic E-state index is 0.0621. The van der Waals surface area contributed by atoms with Crippen molar-refractivity contribution in [3.63, 3.8) is 0 Å². The lowest BCUT2D eigenvalue weighted by molar-refractivity contribution is -0.122. The predicted molar refractivity (Wildman–Crippen MR) is 102 cm³/mol. The number of hydrogen-bond donors (Lipinski definition) is 1. The fraction of sp³-hybridized carbons (Fsp3) is 0.250. The summed E-state index contributed by atoms with van der Waals surface area (Å²) in [6.07, 6.45) is 1.42. The van der Waals surface area contributed by atoms with E-state index in [4.69, 9.17) is 0 Å². The molecule has 6 nitrogen and oxygen atoms in total. The van der Waals surface area contributed by atoms with E-state index in [1.165, 1.54) is 10.9 Å². The number of carbonyl (C=O) groups excluding carboxylic acids is 1. The van der Waals surface area contributed by atoms with Crippen molar-refractivity contribution in [3.8, 4) is 0 Å². The molecule has 26 heavy (non-hydrogen) atoms. The van der Waals surface area contributed by atoms with Gasteiger partial charge in [0.25, 0.3) is 5.56 Å². The monoisotopic (exact) mass is 350 g/mol. The highest BCUT2D eigenvalue weighted by Crippen LogP contribution is 2.13. The molecule has 0 aliphatic heterocycles. The molecule has 1 atom stereocenters. The Kier molecular flexibility index (Phi) is 5.43. The van der Waals surface area contributed by atoms with Gasteiger partial charge >= 0.3 is 0 Å². The average Bonchev–Trinajstić information content (AvgIpc) is 2.64. The number of benzene rings is 2. The number of rotatable bonds is 6. The predicted octanol–water partition coefficient (Wildman–Crippen LogP) is 1.82. The Morgan fingerprint density at radius 2 is 1.81 bits per heavy atom. The van der Waals surface area contributed by atoms with Crippen molar-refractivity contribution in [1.29, 1.82) is 0 Å². The van der Waals surface area contributed by atoms with Crippen LogP contribution in [0.4, 0.5) is 0 Å². The molecule has 0 bridgehead atoms. The third kappa shape index (κ3) is 4.15. The van der Waals surface area contributed by atoms with Crippen molar-refractivity contribution in [2.75, 3.05) is 20.6 Å². The van der Waals surface area contributed by atoms with Crippen LogP contribution in [-0.2, 0) is 11.3 Å². The number of fused-ring (bicyclic) bond motifs is 1. The van der Waals surface area contributed by atoms with Crippen molar-refractivity contribution in [2.45, 2.75) is 12.6 Å². The molecule has 0 aliphatic rings. The Bertz CT molecular complexity index is 951. The number of amides is 1. The molecule has 0 aliphatic carbocycles. The standard InChI is InChI=1S/C20H22N4O2/c1-23(2)12-18(15-8-4-3-5-9-15)22-19(25)13-24-14-21-17-11-7-6-10-16(17)20(24)26/h3-11,14,18H,12-13H2,1-2H3,(H,22,25)/t18-/m0/s1. The number of likely N-dealkylation sites (N-methyl/N-ethyl adjacent to an activating group) is 1. The molecule has 134 valence electrons. The summed E-state index contributed by atoms with van der Waals surface area (Å²) in [4.78, 5) is 31.4.